The number of fused-ring (bicyclic) bond motifs is 2. The zero-order valence-electron chi connectivity index (χ0n) is 11.5. The Morgan fingerprint density at radius 1 is 1.22 bits per heavy atom. The lowest BCUT2D eigenvalue weighted by atomic mass is 9.74. The summed E-state index contributed by atoms with van der Waals surface area (Å²) in [6.07, 6.45) is 6.25. The molecule has 4 heteroatoms. The number of rotatable bonds is 2. The Morgan fingerprint density at radius 3 is 2.56 bits per heavy atom. The third kappa shape index (κ3) is 2.68. The lowest BCUT2D eigenvalue weighted by Crippen LogP contribution is -2.50. The van der Waals surface area contributed by atoms with Crippen LogP contribution in [0.2, 0.25) is 0 Å². The van der Waals surface area contributed by atoms with E-state index in [-0.39, 0.29) is 17.0 Å². The average Bonchev–Trinajstić information content (AvgIpc) is 2.48. The van der Waals surface area contributed by atoms with Crippen molar-refractivity contribution in [2.75, 3.05) is 0 Å². The van der Waals surface area contributed by atoms with Crippen LogP contribution >= 0.6 is 0 Å². The minimum absolute atomic E-state index is 0.187. The van der Waals surface area contributed by atoms with E-state index in [1.54, 1.807) is 0 Å². The monoisotopic (exact) mass is 253 g/mol. The topological polar surface area (TPSA) is 55.4 Å². The summed E-state index contributed by atoms with van der Waals surface area (Å²) < 4.78 is 5.31. The van der Waals surface area contributed by atoms with Crippen molar-refractivity contribution in [1.82, 2.24) is 5.32 Å². The molecule has 2 unspecified atom stereocenters. The predicted octanol–water partition coefficient (Wildman–Crippen LogP) is 2.80. The van der Waals surface area contributed by atoms with Gasteiger partial charge in [0, 0.05) is 11.0 Å². The van der Waals surface area contributed by atoms with E-state index in [1.807, 2.05) is 20.8 Å². The van der Waals surface area contributed by atoms with Crippen LogP contribution in [0.25, 0.3) is 0 Å². The molecule has 0 radical (unpaired) electrons. The molecule has 0 spiro atoms. The van der Waals surface area contributed by atoms with E-state index in [1.165, 1.54) is 0 Å². The maximum Gasteiger partial charge on any atom is 0.408 e. The second kappa shape index (κ2) is 4.25. The molecule has 2 aliphatic carbocycles. The van der Waals surface area contributed by atoms with Gasteiger partial charge in [0.2, 0.25) is 0 Å². The molecule has 2 atom stereocenters. The predicted molar refractivity (Wildman–Crippen MR) is 68.3 cm³/mol. The van der Waals surface area contributed by atoms with Gasteiger partial charge >= 0.3 is 6.09 Å². The lowest BCUT2D eigenvalue weighted by molar-refractivity contribution is -0.117. The van der Waals surface area contributed by atoms with Crippen LogP contribution in [0.3, 0.4) is 0 Å². The number of ether oxygens (including phenoxy) is 1. The molecule has 1 N–H and O–H groups in total. The lowest BCUT2D eigenvalue weighted by Gasteiger charge is -2.37. The molecule has 0 heterocycles. The molecule has 2 rings (SSSR count). The number of hydrogen-bond acceptors (Lipinski definition) is 3. The summed E-state index contributed by atoms with van der Waals surface area (Å²) in [6, 6.07) is 0. The fourth-order valence-corrected chi connectivity index (χ4v) is 3.39. The third-order valence-electron chi connectivity index (χ3n) is 4.14. The molecular formula is C14H23NO3. The highest BCUT2D eigenvalue weighted by Crippen LogP contribution is 2.52. The first kappa shape index (κ1) is 13.4. The average molecular weight is 253 g/mol. The number of amides is 1. The van der Waals surface area contributed by atoms with Crippen molar-refractivity contribution in [3.8, 4) is 0 Å². The summed E-state index contributed by atoms with van der Waals surface area (Å²) in [6.45, 7) is 5.57. The van der Waals surface area contributed by atoms with Crippen molar-refractivity contribution in [2.45, 2.75) is 70.4 Å². The van der Waals surface area contributed by atoms with Crippen LogP contribution in [0, 0.1) is 5.41 Å². The van der Waals surface area contributed by atoms with E-state index in [9.17, 15) is 9.59 Å². The Bertz CT molecular complexity index is 361. The van der Waals surface area contributed by atoms with Gasteiger partial charge in [0.05, 0.1) is 0 Å². The molecule has 0 aliphatic heterocycles. The van der Waals surface area contributed by atoms with E-state index < -0.39 is 5.60 Å². The summed E-state index contributed by atoms with van der Waals surface area (Å²) in [5.74, 6) is 0. The van der Waals surface area contributed by atoms with Crippen molar-refractivity contribution in [1.29, 1.82) is 0 Å². The molecule has 18 heavy (non-hydrogen) atoms. The van der Waals surface area contributed by atoms with Gasteiger partial charge < -0.3 is 14.8 Å². The second-order valence-corrected chi connectivity index (χ2v) is 6.92. The van der Waals surface area contributed by atoms with Crippen molar-refractivity contribution in [3.05, 3.63) is 0 Å². The van der Waals surface area contributed by atoms with Gasteiger partial charge in [-0.3, -0.25) is 0 Å². The quantitative estimate of drug-likeness (QED) is 0.770. The minimum atomic E-state index is -0.476. The molecule has 102 valence electrons. The summed E-state index contributed by atoms with van der Waals surface area (Å²) in [7, 11) is 0. The molecule has 0 aromatic rings. The van der Waals surface area contributed by atoms with Crippen molar-refractivity contribution >= 4 is 12.4 Å². The summed E-state index contributed by atoms with van der Waals surface area (Å²) >= 11 is 0. The highest BCUT2D eigenvalue weighted by molar-refractivity contribution is 5.70. The molecule has 0 aromatic heterocycles. The van der Waals surface area contributed by atoms with Crippen molar-refractivity contribution in [2.24, 2.45) is 5.41 Å². The van der Waals surface area contributed by atoms with E-state index >= 15 is 0 Å². The zero-order chi connectivity index (χ0) is 13.4. The molecule has 2 saturated carbocycles. The first-order chi connectivity index (χ1) is 8.28. The van der Waals surface area contributed by atoms with Crippen LogP contribution in [-0.2, 0) is 9.53 Å². The second-order valence-electron chi connectivity index (χ2n) is 6.92. The number of aldehydes is 1. The van der Waals surface area contributed by atoms with Gasteiger partial charge in [0.15, 0.2) is 0 Å². The fraction of sp³-hybridized carbons (Fsp3) is 0.857. The Labute approximate surface area is 108 Å². The maximum absolute atomic E-state index is 11.9. The van der Waals surface area contributed by atoms with Crippen molar-refractivity contribution < 1.29 is 14.3 Å². The number of carbonyl (C=O) groups is 2. The minimum Gasteiger partial charge on any atom is -0.444 e. The number of carbonyl (C=O) groups excluding carboxylic acids is 2. The van der Waals surface area contributed by atoms with E-state index in [2.05, 4.69) is 5.32 Å². The van der Waals surface area contributed by atoms with Gasteiger partial charge in [-0.05, 0) is 52.9 Å². The van der Waals surface area contributed by atoms with Crippen LogP contribution in [0.4, 0.5) is 4.79 Å². The largest absolute Gasteiger partial charge is 0.444 e. The maximum atomic E-state index is 11.9. The number of hydrogen-bond donors (Lipinski definition) is 1. The highest BCUT2D eigenvalue weighted by Gasteiger charge is 2.52. The van der Waals surface area contributed by atoms with Crippen LogP contribution < -0.4 is 5.32 Å². The van der Waals surface area contributed by atoms with Crippen LogP contribution in [0.5, 0.6) is 0 Å². The summed E-state index contributed by atoms with van der Waals surface area (Å²) in [5, 5.41) is 3.02. The van der Waals surface area contributed by atoms with Gasteiger partial charge in [0.1, 0.15) is 11.9 Å². The molecule has 2 bridgehead atoms. The van der Waals surface area contributed by atoms with Gasteiger partial charge in [-0.25, -0.2) is 4.79 Å². The van der Waals surface area contributed by atoms with Gasteiger partial charge in [-0.1, -0.05) is 6.42 Å². The number of nitrogens with one attached hydrogen (secondary N) is 1. The van der Waals surface area contributed by atoms with Crippen LogP contribution in [0.1, 0.15) is 59.3 Å². The van der Waals surface area contributed by atoms with Crippen LogP contribution in [0.15, 0.2) is 0 Å². The molecule has 4 nitrogen and oxygen atoms in total. The van der Waals surface area contributed by atoms with E-state index in [0.717, 1.165) is 44.8 Å². The molecule has 0 saturated heterocycles. The smallest absolute Gasteiger partial charge is 0.408 e. The third-order valence-corrected chi connectivity index (χ3v) is 4.14. The number of alkyl carbamates (subject to hydrolysis) is 1. The van der Waals surface area contributed by atoms with Gasteiger partial charge in [0.25, 0.3) is 0 Å². The Kier molecular flexibility index (Phi) is 3.16. The Balaban J connectivity index is 2.01. The molecule has 1 amide bonds. The molecular weight excluding hydrogens is 230 g/mol. The van der Waals surface area contributed by atoms with Crippen LogP contribution in [-0.4, -0.2) is 23.5 Å². The SMILES string of the molecule is CC(C)(C)OC(=O)NC12CCCC(C=O)(CC1)C2. The Hall–Kier alpha value is -1.06. The highest BCUT2D eigenvalue weighted by atomic mass is 16.6. The Morgan fingerprint density at radius 2 is 1.94 bits per heavy atom. The molecule has 2 fully saturated rings. The zero-order valence-corrected chi connectivity index (χ0v) is 11.5. The van der Waals surface area contributed by atoms with Crippen molar-refractivity contribution in [3.63, 3.8) is 0 Å². The first-order valence-electron chi connectivity index (χ1n) is 6.76. The van der Waals surface area contributed by atoms with E-state index in [4.69, 9.17) is 4.74 Å². The standard InChI is InChI=1S/C14H23NO3/c1-12(2,3)18-11(17)15-14-6-4-5-13(9-14,10-16)7-8-14/h10H,4-9H2,1-3H3,(H,15,17). The first-order valence-corrected chi connectivity index (χ1v) is 6.76. The molecule has 0 aromatic carbocycles. The molecule has 2 aliphatic rings. The van der Waals surface area contributed by atoms with Gasteiger partial charge in [-0.15, -0.1) is 0 Å². The van der Waals surface area contributed by atoms with E-state index in [0.29, 0.717) is 0 Å². The normalized spacial score (nSPS) is 35.1. The summed E-state index contributed by atoms with van der Waals surface area (Å²) in [4.78, 5) is 23.1. The fourth-order valence-electron chi connectivity index (χ4n) is 3.39. The summed E-state index contributed by atoms with van der Waals surface area (Å²) in [5.41, 5.74) is -0.871. The van der Waals surface area contributed by atoms with Gasteiger partial charge in [-0.2, -0.15) is 0 Å².